The number of hydrogen-bond donors (Lipinski definition) is 0. The maximum Gasteiger partial charge on any atom is 0.243 e. The Morgan fingerprint density at radius 2 is 1.76 bits per heavy atom. The van der Waals surface area contributed by atoms with Gasteiger partial charge in [-0.15, -0.1) is 0 Å². The van der Waals surface area contributed by atoms with Crippen LogP contribution in [0.2, 0.25) is 5.02 Å². The van der Waals surface area contributed by atoms with Gasteiger partial charge in [0, 0.05) is 31.2 Å². The second-order valence-corrected chi connectivity index (χ2v) is 9.16. The van der Waals surface area contributed by atoms with Crippen LogP contribution >= 0.6 is 11.6 Å². The Kier molecular flexibility index (Phi) is 6.55. The average molecular weight is 443 g/mol. The monoisotopic (exact) mass is 442 g/mol. The van der Waals surface area contributed by atoms with E-state index >= 15 is 0 Å². The van der Waals surface area contributed by atoms with Crippen molar-refractivity contribution in [2.24, 2.45) is 5.92 Å². The SMILES string of the molecule is CCN(C(=O)C1CCN(S(=O)(=O)c2ccc(F)c(Cl)c2)CC1)c1ccc(F)cc1. The Bertz CT molecular complexity index is 991. The number of carbonyl (C=O) groups is 1. The molecule has 29 heavy (non-hydrogen) atoms. The van der Waals surface area contributed by atoms with E-state index in [2.05, 4.69) is 0 Å². The third kappa shape index (κ3) is 4.60. The van der Waals surface area contributed by atoms with Gasteiger partial charge in [-0.2, -0.15) is 4.31 Å². The first-order valence-electron chi connectivity index (χ1n) is 9.26. The minimum absolute atomic E-state index is 0.0739. The minimum Gasteiger partial charge on any atom is -0.312 e. The van der Waals surface area contributed by atoms with Crippen LogP contribution in [-0.2, 0) is 14.8 Å². The van der Waals surface area contributed by atoms with Gasteiger partial charge in [-0.25, -0.2) is 17.2 Å². The number of carbonyl (C=O) groups excluding carboxylic acids is 1. The highest BCUT2D eigenvalue weighted by Crippen LogP contribution is 2.28. The second kappa shape index (κ2) is 8.77. The molecule has 1 saturated heterocycles. The number of amides is 1. The van der Waals surface area contributed by atoms with Crippen LogP contribution in [0.15, 0.2) is 47.4 Å². The molecule has 0 bridgehead atoms. The molecule has 1 fully saturated rings. The molecule has 1 aliphatic heterocycles. The fraction of sp³-hybridized carbons (Fsp3) is 0.350. The number of piperidine rings is 1. The summed E-state index contributed by atoms with van der Waals surface area (Å²) in [7, 11) is -3.82. The Morgan fingerprint density at radius 3 is 2.31 bits per heavy atom. The summed E-state index contributed by atoms with van der Waals surface area (Å²) in [5.74, 6) is -1.50. The molecule has 0 N–H and O–H groups in total. The zero-order valence-corrected chi connectivity index (χ0v) is 17.4. The van der Waals surface area contributed by atoms with E-state index in [1.54, 1.807) is 17.0 Å². The van der Waals surface area contributed by atoms with E-state index in [0.717, 1.165) is 12.1 Å². The van der Waals surface area contributed by atoms with Crippen molar-refractivity contribution in [2.45, 2.75) is 24.7 Å². The molecule has 0 unspecified atom stereocenters. The molecule has 1 heterocycles. The summed E-state index contributed by atoms with van der Waals surface area (Å²) in [4.78, 5) is 14.4. The van der Waals surface area contributed by atoms with E-state index < -0.39 is 15.8 Å². The first-order chi connectivity index (χ1) is 13.7. The number of benzene rings is 2. The van der Waals surface area contributed by atoms with Crippen molar-refractivity contribution in [3.8, 4) is 0 Å². The van der Waals surface area contributed by atoms with E-state index in [-0.39, 0.29) is 40.6 Å². The topological polar surface area (TPSA) is 57.7 Å². The van der Waals surface area contributed by atoms with Gasteiger partial charge in [-0.3, -0.25) is 4.79 Å². The molecule has 0 spiro atoms. The molecule has 0 atom stereocenters. The average Bonchev–Trinajstić information content (AvgIpc) is 2.72. The number of hydrogen-bond acceptors (Lipinski definition) is 3. The molecule has 2 aromatic rings. The largest absolute Gasteiger partial charge is 0.312 e. The van der Waals surface area contributed by atoms with Crippen LogP contribution in [0.25, 0.3) is 0 Å². The summed E-state index contributed by atoms with van der Waals surface area (Å²) in [5, 5.41) is -0.256. The van der Waals surface area contributed by atoms with Gasteiger partial charge >= 0.3 is 0 Å². The lowest BCUT2D eigenvalue weighted by Crippen LogP contribution is -2.44. The summed E-state index contributed by atoms with van der Waals surface area (Å²) < 4.78 is 53.3. The maximum atomic E-state index is 13.3. The van der Waals surface area contributed by atoms with Crippen LogP contribution in [0, 0.1) is 17.6 Å². The molecule has 5 nitrogen and oxygen atoms in total. The van der Waals surface area contributed by atoms with E-state index in [4.69, 9.17) is 11.6 Å². The molecule has 156 valence electrons. The Morgan fingerprint density at radius 1 is 1.14 bits per heavy atom. The first-order valence-corrected chi connectivity index (χ1v) is 11.1. The predicted molar refractivity (Wildman–Crippen MR) is 107 cm³/mol. The number of anilines is 1. The second-order valence-electron chi connectivity index (χ2n) is 6.81. The fourth-order valence-corrected chi connectivity index (χ4v) is 5.18. The van der Waals surface area contributed by atoms with Crippen molar-refractivity contribution in [3.05, 3.63) is 59.1 Å². The van der Waals surface area contributed by atoms with Crippen molar-refractivity contribution in [2.75, 3.05) is 24.5 Å². The lowest BCUT2D eigenvalue weighted by atomic mass is 9.96. The van der Waals surface area contributed by atoms with E-state index in [0.29, 0.717) is 25.1 Å². The van der Waals surface area contributed by atoms with Gasteiger partial charge in [-0.1, -0.05) is 11.6 Å². The van der Waals surface area contributed by atoms with Gasteiger partial charge in [0.1, 0.15) is 11.6 Å². The van der Waals surface area contributed by atoms with Gasteiger partial charge in [0.2, 0.25) is 15.9 Å². The zero-order valence-electron chi connectivity index (χ0n) is 15.8. The Hall–Kier alpha value is -2.03. The van der Waals surface area contributed by atoms with Crippen LogP contribution in [0.3, 0.4) is 0 Å². The summed E-state index contributed by atoms with van der Waals surface area (Å²) in [5.41, 5.74) is 0.606. The molecule has 0 aromatic heterocycles. The van der Waals surface area contributed by atoms with Gasteiger partial charge in [0.05, 0.1) is 9.92 Å². The van der Waals surface area contributed by atoms with Crippen molar-refractivity contribution in [1.29, 1.82) is 0 Å². The van der Waals surface area contributed by atoms with Gasteiger partial charge in [0.15, 0.2) is 0 Å². The minimum atomic E-state index is -3.82. The smallest absolute Gasteiger partial charge is 0.243 e. The molecule has 0 aliphatic carbocycles. The van der Waals surface area contributed by atoms with Crippen LogP contribution in [-0.4, -0.2) is 38.3 Å². The molecule has 1 aliphatic rings. The molecule has 9 heteroatoms. The van der Waals surface area contributed by atoms with Gasteiger partial charge in [0.25, 0.3) is 0 Å². The molecule has 3 rings (SSSR count). The van der Waals surface area contributed by atoms with Crippen LogP contribution in [0.4, 0.5) is 14.5 Å². The lowest BCUT2D eigenvalue weighted by molar-refractivity contribution is -0.123. The zero-order chi connectivity index (χ0) is 21.2. The Balaban J connectivity index is 1.69. The van der Waals surface area contributed by atoms with Crippen molar-refractivity contribution in [1.82, 2.24) is 4.31 Å². The molecular weight excluding hydrogens is 422 g/mol. The predicted octanol–water partition coefficient (Wildman–Crippen LogP) is 4.07. The highest BCUT2D eigenvalue weighted by molar-refractivity contribution is 7.89. The van der Waals surface area contributed by atoms with Gasteiger partial charge < -0.3 is 4.90 Å². The van der Waals surface area contributed by atoms with Crippen LogP contribution < -0.4 is 4.90 Å². The number of nitrogens with zero attached hydrogens (tertiary/aromatic N) is 2. The standard InChI is InChI=1S/C20H21ClF2N2O3S/c1-2-25(16-5-3-15(22)4-6-16)20(26)14-9-11-24(12-10-14)29(27,28)17-7-8-19(23)18(21)13-17/h3-8,13-14H,2,9-12H2,1H3. The Labute approximate surface area is 173 Å². The quantitative estimate of drug-likeness (QED) is 0.701. The summed E-state index contributed by atoms with van der Waals surface area (Å²) in [6, 6.07) is 9.00. The molecule has 1 amide bonds. The fourth-order valence-electron chi connectivity index (χ4n) is 3.44. The highest BCUT2D eigenvalue weighted by atomic mass is 35.5. The number of rotatable bonds is 5. The summed E-state index contributed by atoms with van der Waals surface area (Å²) in [6.07, 6.45) is 0.732. The summed E-state index contributed by atoms with van der Waals surface area (Å²) >= 11 is 5.71. The third-order valence-electron chi connectivity index (χ3n) is 5.05. The van der Waals surface area contributed by atoms with Gasteiger partial charge in [-0.05, 0) is 62.2 Å². The normalized spacial score (nSPS) is 16.0. The van der Waals surface area contributed by atoms with Crippen LogP contribution in [0.5, 0.6) is 0 Å². The van der Waals surface area contributed by atoms with E-state index in [1.165, 1.54) is 22.5 Å². The molecular formula is C20H21ClF2N2O3S. The van der Waals surface area contributed by atoms with Crippen molar-refractivity contribution < 1.29 is 22.0 Å². The molecule has 2 aromatic carbocycles. The van der Waals surface area contributed by atoms with Crippen molar-refractivity contribution >= 4 is 33.2 Å². The maximum absolute atomic E-state index is 13.3. The highest BCUT2D eigenvalue weighted by Gasteiger charge is 2.34. The third-order valence-corrected chi connectivity index (χ3v) is 7.24. The van der Waals surface area contributed by atoms with Crippen LogP contribution in [0.1, 0.15) is 19.8 Å². The first kappa shape index (κ1) is 21.7. The number of halogens is 3. The lowest BCUT2D eigenvalue weighted by Gasteiger charge is -2.33. The number of sulfonamides is 1. The van der Waals surface area contributed by atoms with Crippen molar-refractivity contribution in [3.63, 3.8) is 0 Å². The summed E-state index contributed by atoms with van der Waals surface area (Å²) in [6.45, 7) is 2.61. The molecule has 0 radical (unpaired) electrons. The van der Waals surface area contributed by atoms with E-state index in [1.807, 2.05) is 6.92 Å². The molecule has 0 saturated carbocycles. The van der Waals surface area contributed by atoms with E-state index in [9.17, 15) is 22.0 Å².